The molecule has 0 aliphatic heterocycles. The van der Waals surface area contributed by atoms with Crippen LogP contribution >= 0.6 is 0 Å². The lowest BCUT2D eigenvalue weighted by atomic mass is 9.97. The monoisotopic (exact) mass is 181 g/mol. The summed E-state index contributed by atoms with van der Waals surface area (Å²) in [5.41, 5.74) is 6.48. The highest BCUT2D eigenvalue weighted by Gasteiger charge is 2.11. The number of nitrogens with two attached hydrogens (primary N) is 1. The molecule has 1 rings (SSSR count). The van der Waals surface area contributed by atoms with E-state index in [1.807, 2.05) is 6.07 Å². The molecule has 1 unspecified atom stereocenters. The van der Waals surface area contributed by atoms with Crippen LogP contribution in [0.4, 0.5) is 4.39 Å². The molecule has 0 spiro atoms. The first-order valence-electron chi connectivity index (χ1n) is 4.61. The first-order valence-corrected chi connectivity index (χ1v) is 4.61. The summed E-state index contributed by atoms with van der Waals surface area (Å²) >= 11 is 0. The molecule has 2 heteroatoms. The molecule has 1 aromatic carbocycles. The molecule has 0 saturated carbocycles. The average molecular weight is 181 g/mol. The number of hydrogen-bond acceptors (Lipinski definition) is 1. The van der Waals surface area contributed by atoms with Crippen molar-refractivity contribution in [2.75, 3.05) is 0 Å². The third-order valence-corrected chi connectivity index (χ3v) is 2.03. The molecule has 1 atom stereocenters. The van der Waals surface area contributed by atoms with Crippen molar-refractivity contribution in [3.63, 3.8) is 0 Å². The van der Waals surface area contributed by atoms with Crippen LogP contribution in [0, 0.1) is 11.7 Å². The van der Waals surface area contributed by atoms with Gasteiger partial charge in [0.1, 0.15) is 5.82 Å². The Balaban J connectivity index is 2.76. The molecule has 1 aromatic rings. The van der Waals surface area contributed by atoms with Gasteiger partial charge >= 0.3 is 0 Å². The van der Waals surface area contributed by atoms with Crippen LogP contribution in [0.3, 0.4) is 0 Å². The van der Waals surface area contributed by atoms with Crippen molar-refractivity contribution in [1.29, 1.82) is 0 Å². The van der Waals surface area contributed by atoms with Gasteiger partial charge in [-0.15, -0.1) is 0 Å². The Morgan fingerprint density at radius 3 is 2.46 bits per heavy atom. The Hall–Kier alpha value is -0.890. The Bertz CT molecular complexity index is 271. The Labute approximate surface area is 78.8 Å². The highest BCUT2D eigenvalue weighted by molar-refractivity contribution is 5.20. The molecule has 13 heavy (non-hydrogen) atoms. The van der Waals surface area contributed by atoms with Crippen LogP contribution in [0.1, 0.15) is 31.9 Å². The van der Waals surface area contributed by atoms with Crippen LogP contribution in [0.25, 0.3) is 0 Å². The van der Waals surface area contributed by atoms with Crippen molar-refractivity contribution in [2.24, 2.45) is 11.7 Å². The third-order valence-electron chi connectivity index (χ3n) is 2.03. The summed E-state index contributed by atoms with van der Waals surface area (Å²) < 4.78 is 13.2. The van der Waals surface area contributed by atoms with E-state index in [9.17, 15) is 4.39 Å². The van der Waals surface area contributed by atoms with Crippen molar-refractivity contribution in [3.05, 3.63) is 35.6 Å². The van der Waals surface area contributed by atoms with Gasteiger partial charge in [0.25, 0.3) is 0 Å². The van der Waals surface area contributed by atoms with Crippen LogP contribution in [0.15, 0.2) is 24.3 Å². The zero-order chi connectivity index (χ0) is 9.84. The predicted molar refractivity (Wildman–Crippen MR) is 52.8 cm³/mol. The van der Waals surface area contributed by atoms with E-state index in [0.29, 0.717) is 11.5 Å². The second-order valence-electron chi connectivity index (χ2n) is 3.76. The van der Waals surface area contributed by atoms with Gasteiger partial charge in [-0.25, -0.2) is 4.39 Å². The third kappa shape index (κ3) is 2.81. The van der Waals surface area contributed by atoms with Crippen LogP contribution in [0.5, 0.6) is 0 Å². The summed E-state index contributed by atoms with van der Waals surface area (Å²) in [6, 6.07) is 6.53. The highest BCUT2D eigenvalue weighted by atomic mass is 19.1. The van der Waals surface area contributed by atoms with E-state index in [0.717, 1.165) is 6.42 Å². The Morgan fingerprint density at radius 2 is 1.92 bits per heavy atom. The van der Waals surface area contributed by atoms with Crippen molar-refractivity contribution in [3.8, 4) is 0 Å². The number of hydrogen-bond donors (Lipinski definition) is 1. The molecule has 0 saturated heterocycles. The normalized spacial score (nSPS) is 13.3. The van der Waals surface area contributed by atoms with Crippen molar-refractivity contribution < 1.29 is 4.39 Å². The number of halogens is 1. The molecule has 72 valence electrons. The maximum Gasteiger partial charge on any atom is 0.127 e. The maximum atomic E-state index is 13.2. The van der Waals surface area contributed by atoms with Crippen LogP contribution in [0.2, 0.25) is 0 Å². The molecule has 0 heterocycles. The van der Waals surface area contributed by atoms with E-state index in [1.54, 1.807) is 12.1 Å². The van der Waals surface area contributed by atoms with Crippen LogP contribution < -0.4 is 5.73 Å². The molecule has 0 aliphatic carbocycles. The summed E-state index contributed by atoms with van der Waals surface area (Å²) in [5, 5.41) is 0. The molecule has 0 aliphatic rings. The summed E-state index contributed by atoms with van der Waals surface area (Å²) in [4.78, 5) is 0. The van der Waals surface area contributed by atoms with Gasteiger partial charge in [0, 0.05) is 11.6 Å². The largest absolute Gasteiger partial charge is 0.324 e. The molecule has 0 aromatic heterocycles. The molecule has 2 N–H and O–H groups in total. The van der Waals surface area contributed by atoms with E-state index in [1.165, 1.54) is 6.07 Å². The molecular weight excluding hydrogens is 165 g/mol. The number of rotatable bonds is 3. The van der Waals surface area contributed by atoms with Gasteiger partial charge in [-0.3, -0.25) is 0 Å². The first kappa shape index (κ1) is 10.2. The van der Waals surface area contributed by atoms with Gasteiger partial charge in [0.05, 0.1) is 0 Å². The van der Waals surface area contributed by atoms with E-state index in [2.05, 4.69) is 13.8 Å². The second kappa shape index (κ2) is 4.38. The minimum atomic E-state index is -0.198. The van der Waals surface area contributed by atoms with Gasteiger partial charge in [-0.05, 0) is 18.4 Å². The molecule has 0 radical (unpaired) electrons. The zero-order valence-corrected chi connectivity index (χ0v) is 8.13. The highest BCUT2D eigenvalue weighted by Crippen LogP contribution is 2.20. The van der Waals surface area contributed by atoms with Crippen molar-refractivity contribution >= 4 is 0 Å². The van der Waals surface area contributed by atoms with Gasteiger partial charge in [0.2, 0.25) is 0 Å². The summed E-state index contributed by atoms with van der Waals surface area (Å²) in [5.74, 6) is 0.297. The maximum absolute atomic E-state index is 13.2. The van der Waals surface area contributed by atoms with Crippen molar-refractivity contribution in [2.45, 2.75) is 26.3 Å². The molecule has 0 bridgehead atoms. The smallest absolute Gasteiger partial charge is 0.127 e. The standard InChI is InChI=1S/C11H16FN/c1-8(2)7-11(13)9-5-3-4-6-10(9)12/h3-6,8,11H,7,13H2,1-2H3. The summed E-state index contributed by atoms with van der Waals surface area (Å²) in [6.07, 6.45) is 0.820. The van der Waals surface area contributed by atoms with E-state index in [4.69, 9.17) is 5.73 Å². The minimum Gasteiger partial charge on any atom is -0.324 e. The topological polar surface area (TPSA) is 26.0 Å². The van der Waals surface area contributed by atoms with Gasteiger partial charge in [-0.2, -0.15) is 0 Å². The lowest BCUT2D eigenvalue weighted by Crippen LogP contribution is -2.14. The predicted octanol–water partition coefficient (Wildman–Crippen LogP) is 2.87. The molecular formula is C11H16FN. The van der Waals surface area contributed by atoms with Crippen molar-refractivity contribution in [1.82, 2.24) is 0 Å². The summed E-state index contributed by atoms with van der Waals surface area (Å²) in [7, 11) is 0. The van der Waals surface area contributed by atoms with E-state index in [-0.39, 0.29) is 11.9 Å². The Morgan fingerprint density at radius 1 is 1.31 bits per heavy atom. The van der Waals surface area contributed by atoms with Gasteiger partial charge < -0.3 is 5.73 Å². The second-order valence-corrected chi connectivity index (χ2v) is 3.76. The zero-order valence-electron chi connectivity index (χ0n) is 8.13. The lowest BCUT2D eigenvalue weighted by molar-refractivity contribution is 0.489. The van der Waals surface area contributed by atoms with Gasteiger partial charge in [-0.1, -0.05) is 32.0 Å². The fourth-order valence-electron chi connectivity index (χ4n) is 1.41. The van der Waals surface area contributed by atoms with Crippen LogP contribution in [-0.4, -0.2) is 0 Å². The quantitative estimate of drug-likeness (QED) is 0.762. The van der Waals surface area contributed by atoms with Crippen LogP contribution in [-0.2, 0) is 0 Å². The lowest BCUT2D eigenvalue weighted by Gasteiger charge is -2.14. The summed E-state index contributed by atoms with van der Waals surface area (Å²) in [6.45, 7) is 4.17. The molecule has 1 nitrogen and oxygen atoms in total. The number of benzene rings is 1. The minimum absolute atomic E-state index is 0.179. The first-order chi connectivity index (χ1) is 6.11. The fraction of sp³-hybridized carbons (Fsp3) is 0.455. The fourth-order valence-corrected chi connectivity index (χ4v) is 1.41. The van der Waals surface area contributed by atoms with E-state index < -0.39 is 0 Å². The molecule has 0 fully saturated rings. The SMILES string of the molecule is CC(C)CC(N)c1ccccc1F. The van der Waals surface area contributed by atoms with Gasteiger partial charge in [0.15, 0.2) is 0 Å². The Kier molecular flexibility index (Phi) is 3.43. The van der Waals surface area contributed by atoms with E-state index >= 15 is 0 Å². The average Bonchev–Trinajstić information content (AvgIpc) is 2.03. The molecule has 0 amide bonds.